The van der Waals surface area contributed by atoms with Crippen molar-refractivity contribution in [3.63, 3.8) is 0 Å². The predicted octanol–water partition coefficient (Wildman–Crippen LogP) is 2.60. The Morgan fingerprint density at radius 3 is 2.48 bits per heavy atom. The Kier molecular flexibility index (Phi) is 5.36. The summed E-state index contributed by atoms with van der Waals surface area (Å²) in [6, 6.07) is 11.7. The van der Waals surface area contributed by atoms with Crippen LogP contribution in [-0.4, -0.2) is 28.6 Å². The maximum Gasteiger partial charge on any atom is 0.344 e. The number of hydrazine groups is 1. The molecule has 8 heteroatoms. The van der Waals surface area contributed by atoms with E-state index >= 15 is 0 Å². The van der Waals surface area contributed by atoms with Gasteiger partial charge in [0.05, 0.1) is 4.88 Å². The molecule has 1 aromatic carbocycles. The highest BCUT2D eigenvalue weighted by molar-refractivity contribution is 7.12. The van der Waals surface area contributed by atoms with E-state index in [2.05, 4.69) is 10.7 Å². The van der Waals surface area contributed by atoms with Crippen LogP contribution in [0.2, 0.25) is 0 Å². The van der Waals surface area contributed by atoms with Crippen LogP contribution in [-0.2, 0) is 15.1 Å². The van der Waals surface area contributed by atoms with Crippen molar-refractivity contribution in [2.45, 2.75) is 31.7 Å². The average molecular weight is 385 g/mol. The highest BCUT2D eigenvalue weighted by atomic mass is 32.1. The third-order valence-electron chi connectivity index (χ3n) is 4.50. The molecule has 1 fully saturated rings. The zero-order chi connectivity index (χ0) is 19.4. The average Bonchev–Trinajstić information content (AvgIpc) is 3.30. The first-order valence-corrected chi connectivity index (χ1v) is 9.44. The number of rotatable bonds is 7. The van der Waals surface area contributed by atoms with Crippen molar-refractivity contribution in [1.29, 1.82) is 0 Å². The van der Waals surface area contributed by atoms with Crippen LogP contribution >= 0.6 is 11.3 Å². The molecule has 7 nitrogen and oxygen atoms in total. The molecule has 0 saturated carbocycles. The summed E-state index contributed by atoms with van der Waals surface area (Å²) in [5.41, 5.74) is 1.76. The minimum Gasteiger partial charge on any atom is -0.318 e. The number of thiophene rings is 1. The van der Waals surface area contributed by atoms with Gasteiger partial charge < -0.3 is 5.32 Å². The van der Waals surface area contributed by atoms with Crippen molar-refractivity contribution in [3.8, 4) is 0 Å². The summed E-state index contributed by atoms with van der Waals surface area (Å²) in [6.07, 6.45) is 0.233. The van der Waals surface area contributed by atoms with Gasteiger partial charge in [-0.05, 0) is 23.4 Å². The van der Waals surface area contributed by atoms with Crippen LogP contribution in [0, 0.1) is 0 Å². The lowest BCUT2D eigenvalue weighted by molar-refractivity contribution is -0.139. The smallest absolute Gasteiger partial charge is 0.318 e. The van der Waals surface area contributed by atoms with Crippen LogP contribution < -0.4 is 10.7 Å². The van der Waals surface area contributed by atoms with E-state index in [0.717, 1.165) is 0 Å². The van der Waals surface area contributed by atoms with Crippen LogP contribution in [0.5, 0.6) is 0 Å². The SMILES string of the molecule is CC[C@@]1(c2ccccc2)NC(=O)N(NC(=O)CCC(=O)c2cccs2)C1=O. The number of nitrogens with zero attached hydrogens (tertiary/aromatic N) is 1. The van der Waals surface area contributed by atoms with Crippen molar-refractivity contribution in [3.05, 3.63) is 58.3 Å². The van der Waals surface area contributed by atoms with Gasteiger partial charge in [0.25, 0.3) is 5.91 Å². The van der Waals surface area contributed by atoms with E-state index in [-0.39, 0.29) is 18.6 Å². The van der Waals surface area contributed by atoms with E-state index < -0.39 is 23.4 Å². The molecule has 0 spiro atoms. The van der Waals surface area contributed by atoms with Crippen molar-refractivity contribution in [2.24, 2.45) is 0 Å². The van der Waals surface area contributed by atoms with Gasteiger partial charge >= 0.3 is 6.03 Å². The third kappa shape index (κ3) is 3.61. The number of ketones is 1. The second-order valence-corrected chi connectivity index (χ2v) is 7.08. The molecule has 1 aliphatic heterocycles. The lowest BCUT2D eigenvalue weighted by Crippen LogP contribution is -2.48. The Hall–Kier alpha value is -3.00. The zero-order valence-electron chi connectivity index (χ0n) is 14.7. The highest BCUT2D eigenvalue weighted by Gasteiger charge is 2.52. The Labute approximate surface area is 160 Å². The Morgan fingerprint density at radius 1 is 1.11 bits per heavy atom. The van der Waals surface area contributed by atoms with Crippen LogP contribution in [0.25, 0.3) is 0 Å². The number of amides is 4. The molecular weight excluding hydrogens is 366 g/mol. The van der Waals surface area contributed by atoms with Crippen molar-refractivity contribution in [2.75, 3.05) is 0 Å². The van der Waals surface area contributed by atoms with E-state index in [1.807, 2.05) is 6.07 Å². The van der Waals surface area contributed by atoms with Crippen LogP contribution in [0.1, 0.15) is 41.4 Å². The summed E-state index contributed by atoms with van der Waals surface area (Å²) in [5.74, 6) is -1.26. The summed E-state index contributed by atoms with van der Waals surface area (Å²) in [6.45, 7) is 1.79. The molecule has 1 atom stereocenters. The van der Waals surface area contributed by atoms with Gasteiger partial charge in [-0.3, -0.25) is 19.8 Å². The number of urea groups is 1. The van der Waals surface area contributed by atoms with E-state index in [4.69, 9.17) is 0 Å². The van der Waals surface area contributed by atoms with Crippen LogP contribution in [0.15, 0.2) is 47.8 Å². The van der Waals surface area contributed by atoms with E-state index in [1.165, 1.54) is 11.3 Å². The monoisotopic (exact) mass is 385 g/mol. The molecule has 1 aromatic heterocycles. The van der Waals surface area contributed by atoms with Gasteiger partial charge in [-0.15, -0.1) is 11.3 Å². The molecule has 2 aromatic rings. The minimum absolute atomic E-state index is 0.00754. The molecule has 4 amide bonds. The minimum atomic E-state index is -1.21. The fraction of sp³-hybridized carbons (Fsp3) is 0.263. The molecule has 27 heavy (non-hydrogen) atoms. The summed E-state index contributed by atoms with van der Waals surface area (Å²) < 4.78 is 0. The first-order valence-electron chi connectivity index (χ1n) is 8.56. The normalized spacial score (nSPS) is 19.1. The second kappa shape index (κ2) is 7.71. The number of carbonyl (C=O) groups is 4. The van der Waals surface area contributed by atoms with Gasteiger partial charge in [0.15, 0.2) is 5.78 Å². The van der Waals surface area contributed by atoms with Gasteiger partial charge in [0.2, 0.25) is 5.91 Å². The van der Waals surface area contributed by atoms with E-state index in [9.17, 15) is 19.2 Å². The first kappa shape index (κ1) is 18.8. The molecule has 1 saturated heterocycles. The summed E-state index contributed by atoms with van der Waals surface area (Å²) in [5, 5.41) is 5.17. The summed E-state index contributed by atoms with van der Waals surface area (Å²) in [4.78, 5) is 49.9. The Morgan fingerprint density at radius 2 is 1.85 bits per heavy atom. The molecule has 2 heterocycles. The molecule has 0 radical (unpaired) electrons. The van der Waals surface area contributed by atoms with Gasteiger partial charge in [0.1, 0.15) is 5.54 Å². The van der Waals surface area contributed by atoms with Crippen molar-refractivity contribution < 1.29 is 19.2 Å². The second-order valence-electron chi connectivity index (χ2n) is 6.13. The van der Waals surface area contributed by atoms with Gasteiger partial charge in [-0.25, -0.2) is 4.79 Å². The zero-order valence-corrected chi connectivity index (χ0v) is 15.5. The third-order valence-corrected chi connectivity index (χ3v) is 5.41. The van der Waals surface area contributed by atoms with E-state index in [1.54, 1.807) is 48.7 Å². The van der Waals surface area contributed by atoms with Gasteiger partial charge in [-0.2, -0.15) is 5.01 Å². The van der Waals surface area contributed by atoms with Gasteiger partial charge in [0, 0.05) is 12.8 Å². The van der Waals surface area contributed by atoms with Gasteiger partial charge in [-0.1, -0.05) is 43.3 Å². The quantitative estimate of drug-likeness (QED) is 0.566. The lowest BCUT2D eigenvalue weighted by atomic mass is 9.87. The lowest BCUT2D eigenvalue weighted by Gasteiger charge is -2.25. The Bertz CT molecular complexity index is 866. The maximum atomic E-state index is 12.9. The fourth-order valence-electron chi connectivity index (χ4n) is 3.01. The van der Waals surface area contributed by atoms with E-state index in [0.29, 0.717) is 21.9 Å². The number of Topliss-reactive ketones (excluding diaryl/α,β-unsaturated/α-hetero) is 1. The predicted molar refractivity (Wildman–Crippen MR) is 99.8 cm³/mol. The number of hydrogen-bond acceptors (Lipinski definition) is 5. The molecule has 0 aliphatic carbocycles. The fourth-order valence-corrected chi connectivity index (χ4v) is 3.70. The standard InChI is InChI=1S/C19H19N3O4S/c1-2-19(13-7-4-3-5-8-13)17(25)22(18(26)20-19)21-16(24)11-10-14(23)15-9-6-12-27-15/h3-9,12H,2,10-11H2,1H3,(H,20,26)(H,21,24)/t19-/m0/s1. The summed E-state index contributed by atoms with van der Waals surface area (Å²) >= 11 is 1.31. The van der Waals surface area contributed by atoms with Crippen molar-refractivity contribution in [1.82, 2.24) is 15.8 Å². The molecule has 0 unspecified atom stereocenters. The van der Waals surface area contributed by atoms with Crippen molar-refractivity contribution >= 4 is 35.0 Å². The summed E-state index contributed by atoms with van der Waals surface area (Å²) in [7, 11) is 0. The molecule has 0 bridgehead atoms. The topological polar surface area (TPSA) is 95.6 Å². The number of hydrogen-bond donors (Lipinski definition) is 2. The number of imide groups is 1. The molecule has 2 N–H and O–H groups in total. The number of carbonyl (C=O) groups excluding carboxylic acids is 4. The maximum absolute atomic E-state index is 12.9. The van der Waals surface area contributed by atoms with Crippen LogP contribution in [0.3, 0.4) is 0 Å². The molecule has 140 valence electrons. The largest absolute Gasteiger partial charge is 0.344 e. The number of benzene rings is 1. The van der Waals surface area contributed by atoms with Crippen LogP contribution in [0.4, 0.5) is 4.79 Å². The molecular formula is C19H19N3O4S. The highest BCUT2D eigenvalue weighted by Crippen LogP contribution is 2.31. The Balaban J connectivity index is 1.66. The molecule has 1 aliphatic rings. The first-order chi connectivity index (χ1) is 13.0. The number of nitrogens with one attached hydrogen (secondary N) is 2. The molecule has 3 rings (SSSR count).